The van der Waals surface area contributed by atoms with Gasteiger partial charge in [0.1, 0.15) is 23.3 Å². The van der Waals surface area contributed by atoms with Gasteiger partial charge in [0.2, 0.25) is 0 Å². The minimum Gasteiger partial charge on any atom is -0.530 e. The van der Waals surface area contributed by atoms with Gasteiger partial charge in [-0.05, 0) is 59.3 Å². The van der Waals surface area contributed by atoms with Crippen molar-refractivity contribution in [1.82, 2.24) is 4.90 Å². The lowest BCUT2D eigenvalue weighted by Gasteiger charge is -2.40. The van der Waals surface area contributed by atoms with Crippen molar-refractivity contribution in [3.05, 3.63) is 88.1 Å². The second kappa shape index (κ2) is 14.4. The molecule has 0 saturated carbocycles. The number of methoxy groups -OCH3 is 2. The minimum atomic E-state index is -1.18. The van der Waals surface area contributed by atoms with E-state index in [-0.39, 0.29) is 18.6 Å². The summed E-state index contributed by atoms with van der Waals surface area (Å²) in [5, 5.41) is 15.6. The lowest BCUT2D eigenvalue weighted by molar-refractivity contribution is -0.268. The third-order valence-electron chi connectivity index (χ3n) is 7.53. The van der Waals surface area contributed by atoms with Gasteiger partial charge in [-0.2, -0.15) is 0 Å². The zero-order valence-electron chi connectivity index (χ0n) is 24.0. The van der Waals surface area contributed by atoms with Crippen molar-refractivity contribution in [3.8, 4) is 17.2 Å². The van der Waals surface area contributed by atoms with E-state index >= 15 is 0 Å². The van der Waals surface area contributed by atoms with Crippen LogP contribution in [0.4, 0.5) is 4.79 Å². The summed E-state index contributed by atoms with van der Waals surface area (Å²) in [5.74, 6) is 2.29. The Labute approximate surface area is 250 Å². The Balaban J connectivity index is 1.21. The molecule has 2 heterocycles. The lowest BCUT2D eigenvalue weighted by Crippen LogP contribution is -2.51. The monoisotopic (exact) mass is 590 g/mol. The Kier molecular flexibility index (Phi) is 10.2. The molecule has 1 fully saturated rings. The summed E-state index contributed by atoms with van der Waals surface area (Å²) in [6, 6.07) is 21.9. The smallest absolute Gasteiger partial charge is 0.137 e. The van der Waals surface area contributed by atoms with Gasteiger partial charge in [0.15, 0.2) is 0 Å². The number of carbonyl (C=O) groups is 1. The average molecular weight is 591 g/mol. The van der Waals surface area contributed by atoms with Crippen LogP contribution in [0.2, 0.25) is 0 Å². The Morgan fingerprint density at radius 3 is 2.52 bits per heavy atom. The van der Waals surface area contributed by atoms with Crippen LogP contribution in [-0.4, -0.2) is 57.6 Å². The highest BCUT2D eigenvalue weighted by Crippen LogP contribution is 2.35. The number of carbonyl (C=O) groups excluding carboxylic acids is 1. The van der Waals surface area contributed by atoms with Gasteiger partial charge in [-0.3, -0.25) is 0 Å². The highest BCUT2D eigenvalue weighted by atomic mass is 32.1. The molecule has 42 heavy (non-hydrogen) atoms. The molecule has 1 aliphatic rings. The van der Waals surface area contributed by atoms with Gasteiger partial charge < -0.3 is 38.5 Å². The zero-order valence-corrected chi connectivity index (χ0v) is 24.8. The molecule has 2 atom stereocenters. The van der Waals surface area contributed by atoms with Crippen LogP contribution in [-0.2, 0) is 22.7 Å². The fraction of sp³-hybridized carbons (Fsp3) is 0.364. The molecule has 2 unspecified atom stereocenters. The molecule has 1 saturated heterocycles. The van der Waals surface area contributed by atoms with Crippen LogP contribution in [0.1, 0.15) is 34.8 Å². The second-order valence-electron chi connectivity index (χ2n) is 10.2. The molecule has 1 aromatic heterocycles. The summed E-state index contributed by atoms with van der Waals surface area (Å²) in [6.45, 7) is 2.78. The van der Waals surface area contributed by atoms with Crippen LogP contribution in [0.5, 0.6) is 17.2 Å². The average Bonchev–Trinajstić information content (AvgIpc) is 3.55. The maximum Gasteiger partial charge on any atom is 0.137 e. The predicted molar refractivity (Wildman–Crippen MR) is 160 cm³/mol. The van der Waals surface area contributed by atoms with E-state index < -0.39 is 6.09 Å². The molecule has 0 aliphatic carbocycles. The van der Waals surface area contributed by atoms with Crippen molar-refractivity contribution in [2.45, 2.75) is 38.1 Å². The van der Waals surface area contributed by atoms with Crippen LogP contribution in [0.3, 0.4) is 0 Å². The van der Waals surface area contributed by atoms with Gasteiger partial charge >= 0.3 is 0 Å². The van der Waals surface area contributed by atoms with Crippen LogP contribution < -0.4 is 19.3 Å². The first-order valence-electron chi connectivity index (χ1n) is 14.1. The van der Waals surface area contributed by atoms with E-state index in [2.05, 4.69) is 6.07 Å². The summed E-state index contributed by atoms with van der Waals surface area (Å²) in [4.78, 5) is 14.2. The molecule has 0 bridgehead atoms. The van der Waals surface area contributed by atoms with Crippen molar-refractivity contribution < 1.29 is 33.6 Å². The zero-order chi connectivity index (χ0) is 29.3. The predicted octanol–water partition coefficient (Wildman–Crippen LogP) is 5.62. The number of hydrogen-bond donors (Lipinski definition) is 0. The molecule has 1 aliphatic heterocycles. The molecular formula is C33H36NO7S-. The molecular weight excluding hydrogens is 554 g/mol. The number of thiophene rings is 1. The third kappa shape index (κ3) is 7.34. The molecule has 0 spiro atoms. The van der Waals surface area contributed by atoms with Crippen LogP contribution in [0.25, 0.3) is 10.8 Å². The molecule has 3 aromatic carbocycles. The topological polar surface area (TPSA) is 89.5 Å². The van der Waals surface area contributed by atoms with Crippen molar-refractivity contribution in [2.24, 2.45) is 0 Å². The summed E-state index contributed by atoms with van der Waals surface area (Å²) in [6.07, 6.45) is -0.0867. The maximum absolute atomic E-state index is 11.7. The van der Waals surface area contributed by atoms with E-state index in [0.29, 0.717) is 39.4 Å². The number of ether oxygens (including phenoxy) is 5. The molecule has 0 radical (unpaired) electrons. The molecule has 222 valence electrons. The van der Waals surface area contributed by atoms with Gasteiger partial charge in [0.05, 0.1) is 46.8 Å². The number of amides is 1. The van der Waals surface area contributed by atoms with Crippen molar-refractivity contribution in [2.75, 3.05) is 40.5 Å². The first-order chi connectivity index (χ1) is 20.6. The molecule has 9 heteroatoms. The number of benzene rings is 3. The lowest BCUT2D eigenvalue weighted by atomic mass is 9.87. The SMILES string of the molecule is COc1cc(COC2CN(C(=O)[O-])CCC2c2ccc(OCCCOCc3cccs3)cc2)cc2c(OC)cccc12. The van der Waals surface area contributed by atoms with E-state index in [1.807, 2.05) is 66.0 Å². The molecule has 5 rings (SSSR count). The number of rotatable bonds is 13. The Morgan fingerprint density at radius 1 is 0.952 bits per heavy atom. The van der Waals surface area contributed by atoms with Gasteiger partial charge in [0.25, 0.3) is 0 Å². The number of carboxylic acid groups (broad SMARTS) is 1. The van der Waals surface area contributed by atoms with Crippen LogP contribution >= 0.6 is 11.3 Å². The van der Waals surface area contributed by atoms with Crippen LogP contribution in [0.15, 0.2) is 72.1 Å². The first-order valence-corrected chi connectivity index (χ1v) is 15.0. The highest BCUT2D eigenvalue weighted by molar-refractivity contribution is 7.09. The van der Waals surface area contributed by atoms with Crippen molar-refractivity contribution >= 4 is 28.2 Å². The van der Waals surface area contributed by atoms with Gasteiger partial charge in [0, 0.05) is 41.1 Å². The highest BCUT2D eigenvalue weighted by Gasteiger charge is 2.31. The van der Waals surface area contributed by atoms with Gasteiger partial charge in [-0.1, -0.05) is 30.3 Å². The van der Waals surface area contributed by atoms with E-state index in [1.165, 1.54) is 9.78 Å². The van der Waals surface area contributed by atoms with Gasteiger partial charge in [-0.25, -0.2) is 0 Å². The maximum atomic E-state index is 11.7. The largest absolute Gasteiger partial charge is 0.530 e. The summed E-state index contributed by atoms with van der Waals surface area (Å²) < 4.78 is 29.3. The molecule has 8 nitrogen and oxygen atoms in total. The standard InChI is InChI=1S/C33H37NO7S/c1-37-30-8-3-7-28-29(30)18-23(19-31(28)38-2)21-41-32-20-34(33(35)36)14-13-27(32)24-9-11-25(12-10-24)40-16-5-15-39-22-26-6-4-17-42-26/h3-4,6-12,17-19,27,32H,5,13-16,20-22H2,1-2H3,(H,35,36)/p-1. The Morgan fingerprint density at radius 2 is 1.79 bits per heavy atom. The second-order valence-corrected chi connectivity index (χ2v) is 11.2. The fourth-order valence-corrected chi connectivity index (χ4v) is 6.02. The number of hydrogen-bond acceptors (Lipinski definition) is 8. The van der Waals surface area contributed by atoms with Gasteiger partial charge in [-0.15, -0.1) is 11.3 Å². The molecule has 4 aromatic rings. The third-order valence-corrected chi connectivity index (χ3v) is 8.38. The van der Waals surface area contributed by atoms with E-state index in [0.717, 1.165) is 45.6 Å². The summed E-state index contributed by atoms with van der Waals surface area (Å²) in [7, 11) is 3.28. The van der Waals surface area contributed by atoms with E-state index in [1.54, 1.807) is 25.6 Å². The van der Waals surface area contributed by atoms with E-state index in [4.69, 9.17) is 23.7 Å². The minimum absolute atomic E-state index is 0.0252. The van der Waals surface area contributed by atoms with Crippen molar-refractivity contribution in [1.29, 1.82) is 0 Å². The number of likely N-dealkylation sites (tertiary alicyclic amines) is 1. The Hall–Kier alpha value is -3.79. The normalized spacial score (nSPS) is 16.9. The number of fused-ring (bicyclic) bond motifs is 1. The molecule has 1 amide bonds. The number of nitrogens with zero attached hydrogens (tertiary/aromatic N) is 1. The summed E-state index contributed by atoms with van der Waals surface area (Å²) >= 11 is 1.69. The Bertz CT molecular complexity index is 1440. The molecule has 0 N–H and O–H groups in total. The quantitative estimate of drug-likeness (QED) is 0.187. The van der Waals surface area contributed by atoms with Crippen LogP contribution in [0, 0.1) is 0 Å². The van der Waals surface area contributed by atoms with E-state index in [9.17, 15) is 9.90 Å². The first kappa shape index (κ1) is 29.7. The fourth-order valence-electron chi connectivity index (χ4n) is 5.38. The summed E-state index contributed by atoms with van der Waals surface area (Å²) in [5.41, 5.74) is 2.00. The number of piperidine rings is 1. The van der Waals surface area contributed by atoms with Crippen molar-refractivity contribution in [3.63, 3.8) is 0 Å².